The van der Waals surface area contributed by atoms with E-state index in [1.54, 1.807) is 26.5 Å². The molecule has 1 aliphatic carbocycles. The van der Waals surface area contributed by atoms with Crippen molar-refractivity contribution in [3.63, 3.8) is 0 Å². The number of methoxy groups -OCH3 is 2. The summed E-state index contributed by atoms with van der Waals surface area (Å²) >= 11 is 4.98. The highest BCUT2D eigenvalue weighted by Gasteiger charge is 2.22. The van der Waals surface area contributed by atoms with Crippen molar-refractivity contribution in [2.24, 2.45) is 10.2 Å². The molecule has 5 rings (SSSR count). The molecular formula is C27H26BrN3O4S. The number of nitrogens with zero attached hydrogens (tertiary/aromatic N) is 3. The number of hydrogen-bond acceptors (Lipinski definition) is 7. The average molecular weight is 568 g/mol. The first kappa shape index (κ1) is 24.5. The molecule has 1 fully saturated rings. The molecule has 2 aromatic heterocycles. The number of halogens is 1. The highest BCUT2D eigenvalue weighted by atomic mass is 79.9. The minimum atomic E-state index is -0.358. The van der Waals surface area contributed by atoms with Gasteiger partial charge in [-0.15, -0.1) is 16.4 Å². The minimum Gasteiger partial charge on any atom is -0.497 e. The summed E-state index contributed by atoms with van der Waals surface area (Å²) in [5.74, 6) is 1.39. The quantitative estimate of drug-likeness (QED) is 0.150. The normalized spacial score (nSPS) is 15.1. The molecule has 0 amide bonds. The zero-order chi connectivity index (χ0) is 25.1. The van der Waals surface area contributed by atoms with Crippen LogP contribution in [0.15, 0.2) is 71.7 Å². The van der Waals surface area contributed by atoms with Gasteiger partial charge in [0.25, 0.3) is 0 Å². The summed E-state index contributed by atoms with van der Waals surface area (Å²) in [6.07, 6.45) is 7.26. The van der Waals surface area contributed by atoms with Gasteiger partial charge in [0.2, 0.25) is 4.80 Å². The van der Waals surface area contributed by atoms with Crippen LogP contribution in [0.5, 0.6) is 11.5 Å². The molecule has 1 saturated carbocycles. The van der Waals surface area contributed by atoms with Crippen molar-refractivity contribution in [2.75, 3.05) is 14.2 Å². The van der Waals surface area contributed by atoms with Gasteiger partial charge in [-0.05, 0) is 55.3 Å². The first-order chi connectivity index (χ1) is 17.6. The van der Waals surface area contributed by atoms with Crippen LogP contribution in [0, 0.1) is 0 Å². The van der Waals surface area contributed by atoms with E-state index in [2.05, 4.69) is 30.7 Å². The van der Waals surface area contributed by atoms with Crippen molar-refractivity contribution in [1.82, 2.24) is 4.57 Å². The van der Waals surface area contributed by atoms with E-state index >= 15 is 0 Å². The fourth-order valence-electron chi connectivity index (χ4n) is 4.64. The van der Waals surface area contributed by atoms with Gasteiger partial charge in [0.1, 0.15) is 17.1 Å². The number of hydrogen-bond donors (Lipinski definition) is 0. The third-order valence-corrected chi connectivity index (χ3v) is 7.75. The third-order valence-electron chi connectivity index (χ3n) is 6.43. The molecule has 0 N–H and O–H groups in total. The Morgan fingerprint density at radius 3 is 2.69 bits per heavy atom. The topological polar surface area (TPSA) is 78.3 Å². The van der Waals surface area contributed by atoms with Crippen LogP contribution in [-0.2, 0) is 0 Å². The molecule has 0 radical (unpaired) electrons. The summed E-state index contributed by atoms with van der Waals surface area (Å²) in [6.45, 7) is 0. The van der Waals surface area contributed by atoms with Gasteiger partial charge in [-0.2, -0.15) is 5.10 Å². The van der Waals surface area contributed by atoms with E-state index < -0.39 is 0 Å². The van der Waals surface area contributed by atoms with Gasteiger partial charge in [0.05, 0.1) is 31.7 Å². The summed E-state index contributed by atoms with van der Waals surface area (Å²) in [5.41, 5.74) is 2.32. The molecule has 0 spiro atoms. The van der Waals surface area contributed by atoms with E-state index in [1.165, 1.54) is 17.8 Å². The molecular weight excluding hydrogens is 542 g/mol. The van der Waals surface area contributed by atoms with Gasteiger partial charge in [0.15, 0.2) is 0 Å². The Labute approximate surface area is 220 Å². The molecule has 9 heteroatoms. The van der Waals surface area contributed by atoms with E-state index in [4.69, 9.17) is 13.9 Å². The van der Waals surface area contributed by atoms with Gasteiger partial charge >= 0.3 is 5.63 Å². The van der Waals surface area contributed by atoms with Gasteiger partial charge in [0, 0.05) is 26.8 Å². The Balaban J connectivity index is 1.61. The van der Waals surface area contributed by atoms with E-state index in [1.807, 2.05) is 41.8 Å². The summed E-state index contributed by atoms with van der Waals surface area (Å²) in [4.78, 5) is 13.8. The molecule has 7 nitrogen and oxygen atoms in total. The molecule has 186 valence electrons. The highest BCUT2D eigenvalue weighted by Crippen LogP contribution is 2.32. The fourth-order valence-corrected chi connectivity index (χ4v) is 5.93. The van der Waals surface area contributed by atoms with Crippen LogP contribution >= 0.6 is 27.3 Å². The van der Waals surface area contributed by atoms with Crippen LogP contribution in [0.25, 0.3) is 22.2 Å². The Bertz CT molecular complexity index is 1550. The second-order valence-electron chi connectivity index (χ2n) is 8.65. The monoisotopic (exact) mass is 567 g/mol. The fraction of sp³-hybridized carbons (Fsp3) is 0.296. The number of aromatic nitrogens is 1. The zero-order valence-corrected chi connectivity index (χ0v) is 22.5. The lowest BCUT2D eigenvalue weighted by Gasteiger charge is -2.25. The standard InChI is InChI=1S/C27H26BrN3O4S/c1-33-21-9-11-24(34-2)18(13-21)15-29-30-27-31(20-6-4-3-5-7-20)23(16-36-27)22-14-17-12-19(28)8-10-25(17)35-26(22)32/h8-16,20H,3-7H2,1-2H3/b29-15-,30-27-. The molecule has 1 aliphatic rings. The molecule has 0 saturated heterocycles. The van der Waals surface area contributed by atoms with Crippen LogP contribution in [-0.4, -0.2) is 25.0 Å². The Morgan fingerprint density at radius 2 is 1.92 bits per heavy atom. The Kier molecular flexibility index (Phi) is 7.38. The number of ether oxygens (including phenoxy) is 2. The molecule has 36 heavy (non-hydrogen) atoms. The molecule has 2 heterocycles. The molecule has 0 aliphatic heterocycles. The lowest BCUT2D eigenvalue weighted by Crippen LogP contribution is -2.24. The molecule has 2 aromatic carbocycles. The lowest BCUT2D eigenvalue weighted by atomic mass is 9.95. The molecule has 0 bridgehead atoms. The lowest BCUT2D eigenvalue weighted by molar-refractivity contribution is 0.350. The SMILES string of the molecule is COc1ccc(OC)c(/C=N\N=c2/scc(-c3cc4cc(Br)ccc4oc3=O)n2C2CCCCC2)c1. The molecule has 0 atom stereocenters. The predicted octanol–water partition coefficient (Wildman–Crippen LogP) is 6.54. The minimum absolute atomic E-state index is 0.248. The van der Waals surface area contributed by atoms with Gasteiger partial charge in [-0.1, -0.05) is 35.2 Å². The Morgan fingerprint density at radius 1 is 1.08 bits per heavy atom. The van der Waals surface area contributed by atoms with E-state index in [9.17, 15) is 4.79 Å². The predicted molar refractivity (Wildman–Crippen MR) is 146 cm³/mol. The summed E-state index contributed by atoms with van der Waals surface area (Å²) < 4.78 is 19.5. The van der Waals surface area contributed by atoms with E-state index in [0.29, 0.717) is 22.6 Å². The van der Waals surface area contributed by atoms with Crippen molar-refractivity contribution in [1.29, 1.82) is 0 Å². The van der Waals surface area contributed by atoms with Crippen molar-refractivity contribution >= 4 is 44.5 Å². The summed E-state index contributed by atoms with van der Waals surface area (Å²) in [6, 6.07) is 13.3. The maximum Gasteiger partial charge on any atom is 0.345 e. The zero-order valence-electron chi connectivity index (χ0n) is 20.1. The van der Waals surface area contributed by atoms with Crippen LogP contribution in [0.3, 0.4) is 0 Å². The van der Waals surface area contributed by atoms with E-state index in [-0.39, 0.29) is 11.7 Å². The maximum absolute atomic E-state index is 13.0. The second-order valence-corrected chi connectivity index (χ2v) is 10.4. The first-order valence-electron chi connectivity index (χ1n) is 11.8. The number of thiazole rings is 1. The summed E-state index contributed by atoms with van der Waals surface area (Å²) in [7, 11) is 3.24. The van der Waals surface area contributed by atoms with Crippen molar-refractivity contribution < 1.29 is 13.9 Å². The second kappa shape index (κ2) is 10.8. The van der Waals surface area contributed by atoms with Gasteiger partial charge < -0.3 is 18.5 Å². The molecule has 4 aromatic rings. The number of fused-ring (bicyclic) bond motifs is 1. The van der Waals surface area contributed by atoms with Gasteiger partial charge in [-0.3, -0.25) is 0 Å². The maximum atomic E-state index is 13.0. The van der Waals surface area contributed by atoms with Crippen molar-refractivity contribution in [3.05, 3.63) is 73.1 Å². The van der Waals surface area contributed by atoms with Crippen molar-refractivity contribution in [2.45, 2.75) is 38.1 Å². The highest BCUT2D eigenvalue weighted by molar-refractivity contribution is 9.10. The number of benzene rings is 2. The van der Waals surface area contributed by atoms with Crippen molar-refractivity contribution in [3.8, 4) is 22.8 Å². The first-order valence-corrected chi connectivity index (χ1v) is 13.5. The Hall–Kier alpha value is -3.17. The van der Waals surface area contributed by atoms with Crippen LogP contribution < -0.4 is 19.9 Å². The van der Waals surface area contributed by atoms with Crippen LogP contribution in [0.2, 0.25) is 0 Å². The average Bonchev–Trinajstić information content (AvgIpc) is 3.32. The van der Waals surface area contributed by atoms with E-state index in [0.717, 1.165) is 51.6 Å². The van der Waals surface area contributed by atoms with Crippen LogP contribution in [0.1, 0.15) is 43.7 Å². The van der Waals surface area contributed by atoms with Gasteiger partial charge in [-0.25, -0.2) is 4.79 Å². The smallest absolute Gasteiger partial charge is 0.345 e. The number of rotatable bonds is 6. The third kappa shape index (κ3) is 5.03. The summed E-state index contributed by atoms with van der Waals surface area (Å²) in [5, 5.41) is 11.8. The van der Waals surface area contributed by atoms with Crippen LogP contribution in [0.4, 0.5) is 0 Å². The molecule has 0 unspecified atom stereocenters. The largest absolute Gasteiger partial charge is 0.497 e.